The van der Waals surface area contributed by atoms with Crippen LogP contribution in [0.15, 0.2) is 11.5 Å². The monoisotopic (exact) mass is 617 g/mol. The first kappa shape index (κ1) is 30.7. The van der Waals surface area contributed by atoms with Gasteiger partial charge in [0, 0.05) is 31.1 Å². The van der Waals surface area contributed by atoms with Crippen molar-refractivity contribution in [2.24, 2.45) is 0 Å². The first-order valence-electron chi connectivity index (χ1n) is 12.0. The fourth-order valence-electron chi connectivity index (χ4n) is 3.94. The summed E-state index contributed by atoms with van der Waals surface area (Å²) in [7, 11) is -4.44. The molecule has 13 nitrogen and oxygen atoms in total. The van der Waals surface area contributed by atoms with Crippen LogP contribution in [0.25, 0.3) is 11.2 Å². The molecule has 4 rings (SSSR count). The van der Waals surface area contributed by atoms with Gasteiger partial charge < -0.3 is 34.4 Å². The van der Waals surface area contributed by atoms with E-state index in [4.69, 9.17) is 14.0 Å². The van der Waals surface area contributed by atoms with Gasteiger partial charge in [-0.25, -0.2) is 19.6 Å². The Morgan fingerprint density at radius 2 is 2.00 bits per heavy atom. The van der Waals surface area contributed by atoms with Crippen LogP contribution in [0.3, 0.4) is 0 Å². The van der Waals surface area contributed by atoms with Gasteiger partial charge in [-0.3, -0.25) is 9.13 Å². The minimum Gasteiger partial charge on any atom is -0.766 e. The maximum absolute atomic E-state index is 12.7. The second kappa shape index (κ2) is 13.2. The number of aliphatic hydroxyl groups excluding tert-OH is 2. The Kier molecular flexibility index (Phi) is 10.4. The Labute approximate surface area is 230 Å². The van der Waals surface area contributed by atoms with Crippen molar-refractivity contribution in [3.05, 3.63) is 6.33 Å². The van der Waals surface area contributed by atoms with Crippen LogP contribution in [0.5, 0.6) is 0 Å². The van der Waals surface area contributed by atoms with E-state index in [0.29, 0.717) is 12.4 Å². The Bertz CT molecular complexity index is 1160. The summed E-state index contributed by atoms with van der Waals surface area (Å²) in [6, 6.07) is 0. The quantitative estimate of drug-likeness (QED) is 0.134. The number of thioether (sulfide) groups is 2. The van der Waals surface area contributed by atoms with Crippen molar-refractivity contribution >= 4 is 48.3 Å². The van der Waals surface area contributed by atoms with Gasteiger partial charge in [-0.05, 0) is 6.26 Å². The van der Waals surface area contributed by atoms with Gasteiger partial charge in [-0.15, -0.1) is 0 Å². The van der Waals surface area contributed by atoms with Crippen molar-refractivity contribution < 1.29 is 46.8 Å². The number of halogens is 3. The van der Waals surface area contributed by atoms with Crippen molar-refractivity contribution in [2.45, 2.75) is 42.3 Å². The number of morpholine rings is 1. The van der Waals surface area contributed by atoms with Crippen molar-refractivity contribution in [2.75, 3.05) is 62.5 Å². The van der Waals surface area contributed by atoms with E-state index in [9.17, 15) is 32.8 Å². The molecule has 39 heavy (non-hydrogen) atoms. The number of hydrogen-bond acceptors (Lipinski definition) is 13. The molecule has 0 amide bonds. The smallest absolute Gasteiger partial charge is 0.389 e. The number of nitrogens with zero attached hydrogens (tertiary/aromatic N) is 5. The Hall–Kier alpha value is -1.21. The maximum atomic E-state index is 12.7. The third kappa shape index (κ3) is 7.75. The highest BCUT2D eigenvalue weighted by Crippen LogP contribution is 2.43. The molecule has 2 aromatic rings. The van der Waals surface area contributed by atoms with Crippen LogP contribution in [0, 0.1) is 0 Å². The largest absolute Gasteiger partial charge is 0.766 e. The zero-order valence-electron chi connectivity index (χ0n) is 20.8. The standard InChI is InChI=1S/C20H30F3N6O7PS2/c1-38-9-3-24-16-13-17(27-19(26-16)39-8-2-20(21,22)23)29(11-25-13)18-15(31)14(30)12(36-18)10-35-37(32,33)28-4-6-34-7-5-28/h11-12,14-15,18,30-31H,2-10H2,1H3,(H,32,33)(H,24,26,27)/p-1/t12-,14-,15-,18-/m1/s1. The molecule has 0 radical (unpaired) electrons. The summed E-state index contributed by atoms with van der Waals surface area (Å²) in [6.07, 6.45) is -7.57. The molecule has 2 aromatic heterocycles. The van der Waals surface area contributed by atoms with Crippen LogP contribution >= 0.6 is 31.3 Å². The summed E-state index contributed by atoms with van der Waals surface area (Å²) < 4.78 is 69.0. The highest BCUT2D eigenvalue weighted by molar-refractivity contribution is 7.99. The third-order valence-corrected chi connectivity index (χ3v) is 8.99. The number of aromatic nitrogens is 4. The van der Waals surface area contributed by atoms with Gasteiger partial charge in [0.25, 0.3) is 0 Å². The highest BCUT2D eigenvalue weighted by atomic mass is 32.2. The number of anilines is 1. The predicted molar refractivity (Wildman–Crippen MR) is 135 cm³/mol. The molecule has 0 aliphatic carbocycles. The van der Waals surface area contributed by atoms with E-state index >= 15 is 0 Å². The minimum absolute atomic E-state index is 0.0610. The maximum Gasteiger partial charge on any atom is 0.389 e. The fraction of sp³-hybridized carbons (Fsp3) is 0.750. The number of ether oxygens (including phenoxy) is 2. The molecule has 2 aliphatic rings. The van der Waals surface area contributed by atoms with Gasteiger partial charge in [-0.2, -0.15) is 24.9 Å². The van der Waals surface area contributed by atoms with Gasteiger partial charge in [0.1, 0.15) is 18.3 Å². The van der Waals surface area contributed by atoms with Crippen molar-refractivity contribution in [3.8, 4) is 0 Å². The van der Waals surface area contributed by atoms with Gasteiger partial charge >= 0.3 is 6.18 Å². The molecule has 3 N–H and O–H groups in total. The lowest BCUT2D eigenvalue weighted by Crippen LogP contribution is -2.39. The molecule has 0 saturated carbocycles. The number of nitrogens with one attached hydrogen (secondary N) is 1. The lowest BCUT2D eigenvalue weighted by molar-refractivity contribution is -0.218. The molecule has 19 heteroatoms. The number of aliphatic hydroxyl groups is 2. The molecular weight excluding hydrogens is 588 g/mol. The highest BCUT2D eigenvalue weighted by Gasteiger charge is 2.45. The van der Waals surface area contributed by atoms with Gasteiger partial charge in [0.05, 0.1) is 32.6 Å². The van der Waals surface area contributed by atoms with E-state index in [2.05, 4.69) is 20.3 Å². The lowest BCUT2D eigenvalue weighted by atomic mass is 10.1. The zero-order valence-corrected chi connectivity index (χ0v) is 23.3. The summed E-state index contributed by atoms with van der Waals surface area (Å²) in [6.45, 7) is 0.702. The normalized spacial score (nSPS) is 26.2. The van der Waals surface area contributed by atoms with Crippen molar-refractivity contribution in [3.63, 3.8) is 0 Å². The SMILES string of the molecule is CSCCNc1nc(SCCC(F)(F)F)nc2c1ncn2[C@@H]1O[C@H](COP(=O)([O-])N2CCOCC2)[C@@H](O)[C@H]1O. The van der Waals surface area contributed by atoms with Gasteiger partial charge in [0.15, 0.2) is 28.4 Å². The van der Waals surface area contributed by atoms with E-state index in [1.807, 2.05) is 6.26 Å². The van der Waals surface area contributed by atoms with Crippen molar-refractivity contribution in [1.82, 2.24) is 24.2 Å². The molecule has 0 bridgehead atoms. The second-order valence-electron chi connectivity index (χ2n) is 8.69. The fourth-order valence-corrected chi connectivity index (χ4v) is 6.23. The minimum atomic E-state index is -4.44. The van der Waals surface area contributed by atoms with Crippen LogP contribution in [0.4, 0.5) is 19.0 Å². The Morgan fingerprint density at radius 1 is 1.26 bits per heavy atom. The molecule has 220 valence electrons. The lowest BCUT2D eigenvalue weighted by Gasteiger charge is -2.37. The molecular formula is C20H29F3N6O7PS2-. The average molecular weight is 618 g/mol. The van der Waals surface area contributed by atoms with Crippen LogP contribution in [-0.4, -0.2) is 116 Å². The zero-order chi connectivity index (χ0) is 28.2. The molecule has 4 heterocycles. The van der Waals surface area contributed by atoms with E-state index in [0.717, 1.165) is 22.2 Å². The third-order valence-electron chi connectivity index (χ3n) is 5.96. The van der Waals surface area contributed by atoms with E-state index < -0.39 is 51.5 Å². The van der Waals surface area contributed by atoms with Crippen LogP contribution in [0.1, 0.15) is 12.6 Å². The van der Waals surface area contributed by atoms with Crippen LogP contribution in [-0.2, 0) is 18.6 Å². The van der Waals surface area contributed by atoms with Crippen LogP contribution in [0.2, 0.25) is 0 Å². The molecule has 2 saturated heterocycles. The summed E-state index contributed by atoms with van der Waals surface area (Å²) in [5.41, 5.74) is 0.449. The summed E-state index contributed by atoms with van der Waals surface area (Å²) in [5, 5.41) is 24.5. The molecule has 2 fully saturated rings. The summed E-state index contributed by atoms with van der Waals surface area (Å²) in [4.78, 5) is 25.5. The second-order valence-corrected chi connectivity index (χ2v) is 12.5. The Balaban J connectivity index is 1.53. The molecule has 1 unspecified atom stereocenters. The molecule has 2 aliphatic heterocycles. The van der Waals surface area contributed by atoms with Crippen molar-refractivity contribution in [1.29, 1.82) is 0 Å². The van der Waals surface area contributed by atoms with Gasteiger partial charge in [-0.1, -0.05) is 11.8 Å². The summed E-state index contributed by atoms with van der Waals surface area (Å²) >= 11 is 2.40. The average Bonchev–Trinajstić information content (AvgIpc) is 3.43. The predicted octanol–water partition coefficient (Wildman–Crippen LogP) is 1.08. The number of alkyl halides is 3. The number of imidazole rings is 1. The first-order chi connectivity index (χ1) is 18.5. The molecule has 0 aromatic carbocycles. The number of hydrogen-bond donors (Lipinski definition) is 3. The molecule has 0 spiro atoms. The van der Waals surface area contributed by atoms with Crippen LogP contribution < -0.4 is 10.2 Å². The molecule has 5 atom stereocenters. The number of fused-ring (bicyclic) bond motifs is 1. The number of rotatable bonds is 12. The topological polar surface area (TPSA) is 167 Å². The first-order valence-corrected chi connectivity index (χ1v) is 15.8. The Morgan fingerprint density at radius 3 is 2.69 bits per heavy atom. The van der Waals surface area contributed by atoms with E-state index in [-0.39, 0.29) is 48.4 Å². The van der Waals surface area contributed by atoms with E-state index in [1.54, 1.807) is 11.8 Å². The summed E-state index contributed by atoms with van der Waals surface area (Å²) in [5.74, 6) is 0.731. The van der Waals surface area contributed by atoms with Gasteiger partial charge in [0.2, 0.25) is 7.75 Å². The van der Waals surface area contributed by atoms with E-state index in [1.165, 1.54) is 10.9 Å².